The molecule has 2 heteroatoms. The highest BCUT2D eigenvalue weighted by atomic mass is 35.5. The normalized spacial score (nSPS) is 16.1. The Bertz CT molecular complexity index is 303. The maximum Gasteiger partial charge on any atom is 0.0474 e. The van der Waals surface area contributed by atoms with Crippen molar-refractivity contribution in [1.29, 1.82) is 0 Å². The Kier molecular flexibility index (Phi) is 3.53. The predicted octanol–water partition coefficient (Wildman–Crippen LogP) is 3.66. The molecule has 0 aliphatic heterocycles. The number of anilines is 1. The van der Waals surface area contributed by atoms with Crippen LogP contribution in [0.5, 0.6) is 0 Å². The van der Waals surface area contributed by atoms with Gasteiger partial charge in [0.25, 0.3) is 0 Å². The zero-order valence-corrected chi connectivity index (χ0v) is 10.0. The average molecular weight is 224 g/mol. The van der Waals surface area contributed by atoms with E-state index in [-0.39, 0.29) is 0 Å². The van der Waals surface area contributed by atoms with Crippen LogP contribution in [0, 0.1) is 5.92 Å². The van der Waals surface area contributed by atoms with Crippen LogP contribution >= 0.6 is 11.6 Å². The lowest BCUT2D eigenvalue weighted by atomic mass is 9.85. The van der Waals surface area contributed by atoms with E-state index in [1.165, 1.54) is 37.1 Å². The van der Waals surface area contributed by atoms with E-state index >= 15 is 0 Å². The summed E-state index contributed by atoms with van der Waals surface area (Å²) < 4.78 is 0. The quantitative estimate of drug-likeness (QED) is 0.705. The van der Waals surface area contributed by atoms with Gasteiger partial charge in [0.2, 0.25) is 0 Å². The molecule has 0 aromatic heterocycles. The minimum absolute atomic E-state index is 0.604. The first kappa shape index (κ1) is 10.8. The van der Waals surface area contributed by atoms with E-state index in [1.807, 2.05) is 0 Å². The summed E-state index contributed by atoms with van der Waals surface area (Å²) in [6, 6.07) is 8.55. The van der Waals surface area contributed by atoms with Crippen molar-refractivity contribution in [3.63, 3.8) is 0 Å². The van der Waals surface area contributed by atoms with Crippen LogP contribution in [-0.4, -0.2) is 13.6 Å². The summed E-state index contributed by atoms with van der Waals surface area (Å²) in [6.07, 6.45) is 4.23. The molecule has 1 aliphatic rings. The molecular weight excluding hydrogens is 206 g/mol. The van der Waals surface area contributed by atoms with Crippen LogP contribution in [0.3, 0.4) is 0 Å². The van der Waals surface area contributed by atoms with Gasteiger partial charge in [-0.3, -0.25) is 0 Å². The van der Waals surface area contributed by atoms with Crippen LogP contribution in [0.15, 0.2) is 24.3 Å². The van der Waals surface area contributed by atoms with Crippen molar-refractivity contribution in [3.05, 3.63) is 29.8 Å². The van der Waals surface area contributed by atoms with Crippen LogP contribution in [0.2, 0.25) is 0 Å². The first-order valence-corrected chi connectivity index (χ1v) is 6.19. The van der Waals surface area contributed by atoms with Crippen molar-refractivity contribution in [1.82, 2.24) is 0 Å². The third-order valence-electron chi connectivity index (χ3n) is 3.29. The molecule has 0 heterocycles. The van der Waals surface area contributed by atoms with Crippen molar-refractivity contribution >= 4 is 17.3 Å². The minimum atomic E-state index is 0.604. The van der Waals surface area contributed by atoms with Crippen LogP contribution in [0.25, 0.3) is 0 Å². The number of alkyl halides is 1. The van der Waals surface area contributed by atoms with E-state index < -0.39 is 0 Å². The molecule has 2 rings (SSSR count). The van der Waals surface area contributed by atoms with Gasteiger partial charge < -0.3 is 4.90 Å². The number of rotatable bonds is 4. The Morgan fingerprint density at radius 2 is 1.93 bits per heavy atom. The molecular formula is C13H18ClN. The third kappa shape index (κ3) is 2.66. The highest BCUT2D eigenvalue weighted by molar-refractivity contribution is 6.17. The van der Waals surface area contributed by atoms with Gasteiger partial charge in [0.05, 0.1) is 0 Å². The molecule has 82 valence electrons. The number of halogens is 1. The Hall–Kier alpha value is -0.690. The molecule has 1 aliphatic carbocycles. The lowest BCUT2D eigenvalue weighted by molar-refractivity contribution is 0.321. The second-order valence-electron chi connectivity index (χ2n) is 4.48. The first-order chi connectivity index (χ1) is 7.29. The Morgan fingerprint density at radius 1 is 1.27 bits per heavy atom. The van der Waals surface area contributed by atoms with Gasteiger partial charge in [-0.2, -0.15) is 0 Å². The highest BCUT2D eigenvalue weighted by Gasteiger charge is 2.18. The molecule has 0 unspecified atom stereocenters. The fourth-order valence-electron chi connectivity index (χ4n) is 2.01. The predicted molar refractivity (Wildman–Crippen MR) is 66.6 cm³/mol. The summed E-state index contributed by atoms with van der Waals surface area (Å²) in [5.74, 6) is 1.52. The maximum atomic E-state index is 5.76. The topological polar surface area (TPSA) is 3.24 Å². The largest absolute Gasteiger partial charge is 0.374 e. The summed E-state index contributed by atoms with van der Waals surface area (Å²) >= 11 is 5.76. The molecule has 0 bridgehead atoms. The number of hydrogen-bond acceptors (Lipinski definition) is 1. The molecule has 0 saturated heterocycles. The first-order valence-electron chi connectivity index (χ1n) is 5.65. The molecule has 0 spiro atoms. The van der Waals surface area contributed by atoms with Crippen molar-refractivity contribution in [2.45, 2.75) is 25.1 Å². The van der Waals surface area contributed by atoms with E-state index in [9.17, 15) is 0 Å². The summed E-state index contributed by atoms with van der Waals surface area (Å²) in [7, 11) is 2.17. The smallest absolute Gasteiger partial charge is 0.0474 e. The molecule has 1 saturated carbocycles. The van der Waals surface area contributed by atoms with Gasteiger partial charge in [-0.25, -0.2) is 0 Å². The van der Waals surface area contributed by atoms with Gasteiger partial charge in [-0.05, 0) is 36.5 Å². The van der Waals surface area contributed by atoms with Gasteiger partial charge in [-0.15, -0.1) is 11.6 Å². The Balaban J connectivity index is 1.94. The van der Waals surface area contributed by atoms with Crippen molar-refractivity contribution < 1.29 is 0 Å². The summed E-state index contributed by atoms with van der Waals surface area (Å²) in [5, 5.41) is 0. The molecule has 15 heavy (non-hydrogen) atoms. The molecule has 1 nitrogen and oxygen atoms in total. The van der Waals surface area contributed by atoms with Crippen molar-refractivity contribution in [2.75, 3.05) is 18.5 Å². The number of nitrogens with zero attached hydrogens (tertiary/aromatic N) is 1. The van der Waals surface area contributed by atoms with Crippen LogP contribution in [0.4, 0.5) is 5.69 Å². The van der Waals surface area contributed by atoms with Gasteiger partial charge in [0.1, 0.15) is 0 Å². The van der Waals surface area contributed by atoms with Crippen molar-refractivity contribution in [2.24, 2.45) is 5.92 Å². The van der Waals surface area contributed by atoms with Gasteiger partial charge in [0.15, 0.2) is 0 Å². The van der Waals surface area contributed by atoms with Gasteiger partial charge >= 0.3 is 0 Å². The monoisotopic (exact) mass is 223 g/mol. The molecule has 0 radical (unpaired) electrons. The summed E-state index contributed by atoms with van der Waals surface area (Å²) in [4.78, 5) is 2.35. The van der Waals surface area contributed by atoms with Gasteiger partial charge in [-0.1, -0.05) is 18.6 Å². The van der Waals surface area contributed by atoms with E-state index in [0.717, 1.165) is 5.92 Å². The van der Waals surface area contributed by atoms with Crippen LogP contribution in [0.1, 0.15) is 24.8 Å². The average Bonchev–Trinajstić information content (AvgIpc) is 2.23. The van der Waals surface area contributed by atoms with Crippen LogP contribution in [-0.2, 0) is 5.88 Å². The summed E-state index contributed by atoms with van der Waals surface area (Å²) in [6.45, 7) is 1.19. The highest BCUT2D eigenvalue weighted by Crippen LogP contribution is 2.28. The van der Waals surface area contributed by atoms with Crippen molar-refractivity contribution in [3.8, 4) is 0 Å². The van der Waals surface area contributed by atoms with E-state index in [2.05, 4.69) is 36.2 Å². The maximum absolute atomic E-state index is 5.76. The molecule has 1 fully saturated rings. The second-order valence-corrected chi connectivity index (χ2v) is 4.74. The fourth-order valence-corrected chi connectivity index (χ4v) is 2.19. The molecule has 0 amide bonds. The Labute approximate surface area is 97.0 Å². The standard InChI is InChI=1S/C13H18ClN/c1-15(10-12-3-2-4-12)13-7-5-11(9-14)6-8-13/h5-8,12H,2-4,9-10H2,1H3. The molecule has 0 N–H and O–H groups in total. The second kappa shape index (κ2) is 4.89. The lowest BCUT2D eigenvalue weighted by Gasteiger charge is -2.31. The number of benzene rings is 1. The third-order valence-corrected chi connectivity index (χ3v) is 3.60. The summed E-state index contributed by atoms with van der Waals surface area (Å²) in [5.41, 5.74) is 2.49. The van der Waals surface area contributed by atoms with E-state index in [1.54, 1.807) is 0 Å². The van der Waals surface area contributed by atoms with E-state index in [4.69, 9.17) is 11.6 Å². The zero-order valence-electron chi connectivity index (χ0n) is 9.25. The lowest BCUT2D eigenvalue weighted by Crippen LogP contribution is -2.29. The SMILES string of the molecule is CN(CC1CCC1)c1ccc(CCl)cc1. The number of hydrogen-bond donors (Lipinski definition) is 0. The molecule has 1 aromatic rings. The molecule has 0 atom stereocenters. The minimum Gasteiger partial charge on any atom is -0.374 e. The van der Waals surface area contributed by atoms with E-state index in [0.29, 0.717) is 5.88 Å². The Morgan fingerprint density at radius 3 is 2.40 bits per heavy atom. The van der Waals surface area contributed by atoms with Crippen LogP contribution < -0.4 is 4.90 Å². The molecule has 1 aromatic carbocycles. The van der Waals surface area contributed by atoms with Gasteiger partial charge in [0, 0.05) is 25.2 Å². The fraction of sp³-hybridized carbons (Fsp3) is 0.538. The zero-order chi connectivity index (χ0) is 10.7.